The SMILES string of the molecule is COc1ccc2[nH]c(CNC(=O)N3CCCC3c3cc(C)no3)cc2c1. The first-order valence-electron chi connectivity index (χ1n) is 8.77. The maximum Gasteiger partial charge on any atom is 0.318 e. The highest BCUT2D eigenvalue weighted by atomic mass is 16.5. The number of methoxy groups -OCH3 is 1. The molecule has 2 amide bonds. The summed E-state index contributed by atoms with van der Waals surface area (Å²) in [5, 5.41) is 8.00. The zero-order valence-corrected chi connectivity index (χ0v) is 14.9. The maximum absolute atomic E-state index is 12.6. The van der Waals surface area contributed by atoms with E-state index in [1.807, 2.05) is 42.2 Å². The average Bonchev–Trinajstić information content (AvgIpc) is 3.37. The lowest BCUT2D eigenvalue weighted by Crippen LogP contribution is -2.39. The van der Waals surface area contributed by atoms with Crippen LogP contribution in [0.15, 0.2) is 34.9 Å². The lowest BCUT2D eigenvalue weighted by molar-refractivity contribution is 0.182. The number of carbonyl (C=O) groups excluding carboxylic acids is 1. The number of aromatic amines is 1. The Labute approximate surface area is 151 Å². The van der Waals surface area contributed by atoms with Crippen molar-refractivity contribution in [3.8, 4) is 5.75 Å². The minimum Gasteiger partial charge on any atom is -0.497 e. The number of aromatic nitrogens is 2. The van der Waals surface area contributed by atoms with Crippen LogP contribution in [-0.4, -0.2) is 34.7 Å². The molecule has 7 heteroatoms. The molecule has 1 aliphatic rings. The molecule has 1 aliphatic heterocycles. The number of fused-ring (bicyclic) bond motifs is 1. The molecular formula is C19H22N4O3. The monoisotopic (exact) mass is 354 g/mol. The number of rotatable bonds is 4. The van der Waals surface area contributed by atoms with Crippen molar-refractivity contribution < 1.29 is 14.1 Å². The van der Waals surface area contributed by atoms with Crippen molar-refractivity contribution in [2.45, 2.75) is 32.4 Å². The second kappa shape index (κ2) is 6.74. The Morgan fingerprint density at radius 3 is 3.08 bits per heavy atom. The Bertz CT molecular complexity index is 930. The standard InChI is InChI=1S/C19H22N4O3/c1-12-8-18(26-22-12)17-4-3-7-23(17)19(24)20-11-14-9-13-10-15(25-2)5-6-16(13)21-14/h5-6,8-10,17,21H,3-4,7,11H2,1-2H3,(H,20,24). The number of aryl methyl sites for hydroxylation is 1. The number of amides is 2. The first-order valence-corrected chi connectivity index (χ1v) is 8.77. The maximum atomic E-state index is 12.6. The summed E-state index contributed by atoms with van der Waals surface area (Å²) in [5.41, 5.74) is 2.81. The van der Waals surface area contributed by atoms with E-state index in [-0.39, 0.29) is 12.1 Å². The molecule has 1 atom stereocenters. The highest BCUT2D eigenvalue weighted by Gasteiger charge is 2.32. The van der Waals surface area contributed by atoms with Gasteiger partial charge in [-0.15, -0.1) is 0 Å². The van der Waals surface area contributed by atoms with Gasteiger partial charge in [-0.3, -0.25) is 0 Å². The molecule has 136 valence electrons. The number of carbonyl (C=O) groups is 1. The first-order chi connectivity index (χ1) is 12.6. The zero-order valence-electron chi connectivity index (χ0n) is 14.9. The molecule has 2 N–H and O–H groups in total. The molecule has 0 bridgehead atoms. The molecule has 0 spiro atoms. The normalized spacial score (nSPS) is 17.0. The van der Waals surface area contributed by atoms with Crippen molar-refractivity contribution in [3.63, 3.8) is 0 Å². The van der Waals surface area contributed by atoms with Crippen molar-refractivity contribution >= 4 is 16.9 Å². The third kappa shape index (κ3) is 3.12. The molecule has 0 saturated carbocycles. The van der Waals surface area contributed by atoms with Crippen LogP contribution in [0.2, 0.25) is 0 Å². The number of hydrogen-bond acceptors (Lipinski definition) is 4. The Kier molecular flexibility index (Phi) is 4.28. The molecule has 1 aromatic carbocycles. The smallest absolute Gasteiger partial charge is 0.318 e. The molecule has 0 aliphatic carbocycles. The summed E-state index contributed by atoms with van der Waals surface area (Å²) < 4.78 is 10.6. The summed E-state index contributed by atoms with van der Waals surface area (Å²) in [6.45, 7) is 3.05. The van der Waals surface area contributed by atoms with Gasteiger partial charge < -0.3 is 24.5 Å². The van der Waals surface area contributed by atoms with Crippen LogP contribution in [0.3, 0.4) is 0 Å². The van der Waals surface area contributed by atoms with Gasteiger partial charge in [0.1, 0.15) is 5.75 Å². The summed E-state index contributed by atoms with van der Waals surface area (Å²) in [6, 6.07) is 9.67. The van der Waals surface area contributed by atoms with Crippen LogP contribution in [0.1, 0.15) is 36.0 Å². The van der Waals surface area contributed by atoms with E-state index in [9.17, 15) is 4.79 Å². The van der Waals surface area contributed by atoms with Crippen LogP contribution in [0.4, 0.5) is 4.79 Å². The van der Waals surface area contributed by atoms with Crippen LogP contribution in [0.5, 0.6) is 5.75 Å². The van der Waals surface area contributed by atoms with E-state index in [1.54, 1.807) is 7.11 Å². The van der Waals surface area contributed by atoms with Crippen LogP contribution in [-0.2, 0) is 6.54 Å². The van der Waals surface area contributed by atoms with Crippen molar-refractivity contribution in [3.05, 3.63) is 47.5 Å². The Morgan fingerprint density at radius 1 is 1.42 bits per heavy atom. The van der Waals surface area contributed by atoms with E-state index < -0.39 is 0 Å². The molecule has 1 fully saturated rings. The Morgan fingerprint density at radius 2 is 2.31 bits per heavy atom. The summed E-state index contributed by atoms with van der Waals surface area (Å²) >= 11 is 0. The fourth-order valence-electron chi connectivity index (χ4n) is 3.51. The van der Waals surface area contributed by atoms with Gasteiger partial charge in [0.05, 0.1) is 25.4 Å². The number of nitrogens with zero attached hydrogens (tertiary/aromatic N) is 2. The largest absolute Gasteiger partial charge is 0.497 e. The number of H-pyrrole nitrogens is 1. The molecule has 26 heavy (non-hydrogen) atoms. The first kappa shape index (κ1) is 16.5. The number of benzene rings is 1. The number of nitrogens with one attached hydrogen (secondary N) is 2. The van der Waals surface area contributed by atoms with Gasteiger partial charge in [0.2, 0.25) is 0 Å². The molecule has 0 radical (unpaired) electrons. The van der Waals surface area contributed by atoms with Crippen LogP contribution < -0.4 is 10.1 Å². The van der Waals surface area contributed by atoms with Gasteiger partial charge in [0, 0.05) is 29.2 Å². The number of hydrogen-bond donors (Lipinski definition) is 2. The molecule has 4 rings (SSSR count). The Hall–Kier alpha value is -2.96. The fourth-order valence-corrected chi connectivity index (χ4v) is 3.51. The fraction of sp³-hybridized carbons (Fsp3) is 0.368. The van der Waals surface area contributed by atoms with Crippen molar-refractivity contribution in [1.29, 1.82) is 0 Å². The van der Waals surface area contributed by atoms with Crippen LogP contribution >= 0.6 is 0 Å². The van der Waals surface area contributed by atoms with E-state index in [0.29, 0.717) is 6.54 Å². The van der Waals surface area contributed by atoms with Crippen molar-refractivity contribution in [2.75, 3.05) is 13.7 Å². The summed E-state index contributed by atoms with van der Waals surface area (Å²) in [6.07, 6.45) is 1.86. The minimum atomic E-state index is -0.0854. The number of urea groups is 1. The quantitative estimate of drug-likeness (QED) is 0.751. The van der Waals surface area contributed by atoms with Gasteiger partial charge in [0.25, 0.3) is 0 Å². The number of ether oxygens (including phenoxy) is 1. The summed E-state index contributed by atoms with van der Waals surface area (Å²) in [7, 11) is 1.65. The highest BCUT2D eigenvalue weighted by molar-refractivity contribution is 5.82. The molecule has 1 saturated heterocycles. The highest BCUT2D eigenvalue weighted by Crippen LogP contribution is 2.32. The van der Waals surface area contributed by atoms with Crippen LogP contribution in [0, 0.1) is 6.92 Å². The van der Waals surface area contributed by atoms with Gasteiger partial charge >= 0.3 is 6.03 Å². The molecule has 3 aromatic rings. The third-order valence-corrected chi connectivity index (χ3v) is 4.80. The lowest BCUT2D eigenvalue weighted by Gasteiger charge is -2.22. The number of likely N-dealkylation sites (tertiary alicyclic amines) is 1. The minimum absolute atomic E-state index is 0.0387. The van der Waals surface area contributed by atoms with Gasteiger partial charge in [0.15, 0.2) is 5.76 Å². The second-order valence-electron chi connectivity index (χ2n) is 6.63. The molecule has 7 nitrogen and oxygen atoms in total. The predicted molar refractivity (Wildman–Crippen MR) is 97.0 cm³/mol. The molecule has 1 unspecified atom stereocenters. The summed E-state index contributed by atoms with van der Waals surface area (Å²) in [5.74, 6) is 1.57. The molecule has 3 heterocycles. The van der Waals surface area contributed by atoms with Crippen molar-refractivity contribution in [1.82, 2.24) is 20.4 Å². The van der Waals surface area contributed by atoms with E-state index in [1.165, 1.54) is 0 Å². The predicted octanol–water partition coefficient (Wildman–Crippen LogP) is 3.52. The average molecular weight is 354 g/mol. The van der Waals surface area contributed by atoms with E-state index in [4.69, 9.17) is 9.26 Å². The third-order valence-electron chi connectivity index (χ3n) is 4.80. The van der Waals surface area contributed by atoms with Crippen LogP contribution in [0.25, 0.3) is 10.9 Å². The van der Waals surface area contributed by atoms with Crippen molar-refractivity contribution in [2.24, 2.45) is 0 Å². The molecular weight excluding hydrogens is 332 g/mol. The lowest BCUT2D eigenvalue weighted by atomic mass is 10.1. The summed E-state index contributed by atoms with van der Waals surface area (Å²) in [4.78, 5) is 17.8. The Balaban J connectivity index is 1.43. The zero-order chi connectivity index (χ0) is 18.1. The topological polar surface area (TPSA) is 83.4 Å². The second-order valence-corrected chi connectivity index (χ2v) is 6.63. The van der Waals surface area contributed by atoms with Gasteiger partial charge in [-0.2, -0.15) is 0 Å². The van der Waals surface area contributed by atoms with Gasteiger partial charge in [-0.25, -0.2) is 4.79 Å². The van der Waals surface area contributed by atoms with E-state index in [2.05, 4.69) is 15.5 Å². The van der Waals surface area contributed by atoms with Gasteiger partial charge in [-0.05, 0) is 44.0 Å². The van der Waals surface area contributed by atoms with E-state index >= 15 is 0 Å². The van der Waals surface area contributed by atoms with E-state index in [0.717, 1.165) is 53.2 Å². The molecule has 2 aromatic heterocycles. The van der Waals surface area contributed by atoms with Gasteiger partial charge in [-0.1, -0.05) is 5.16 Å².